The van der Waals surface area contributed by atoms with Gasteiger partial charge < -0.3 is 10.1 Å². The Balaban J connectivity index is 1.87. The summed E-state index contributed by atoms with van der Waals surface area (Å²) in [7, 11) is 4.62. The molecular weight excluding hydrogens is 416 g/mol. The van der Waals surface area contributed by atoms with E-state index >= 15 is 0 Å². The molecule has 0 aliphatic carbocycles. The quantitative estimate of drug-likeness (QED) is 0.654. The number of hydrogen-bond donors (Lipinski definition) is 1. The number of methoxy groups -OCH3 is 1. The van der Waals surface area contributed by atoms with Crippen LogP contribution < -0.4 is 10.1 Å². The van der Waals surface area contributed by atoms with Gasteiger partial charge in [-0.2, -0.15) is 9.48 Å². The molecule has 0 radical (unpaired) electrons. The lowest BCUT2D eigenvalue weighted by Crippen LogP contribution is -2.52. The van der Waals surface area contributed by atoms with Gasteiger partial charge in [-0.05, 0) is 30.0 Å². The van der Waals surface area contributed by atoms with Gasteiger partial charge >= 0.3 is 11.9 Å². The molecular formula is C22H27N4O4S+. The molecule has 0 saturated heterocycles. The van der Waals surface area contributed by atoms with Crippen LogP contribution in [0.2, 0.25) is 0 Å². The number of thioether (sulfide) groups is 1. The van der Waals surface area contributed by atoms with Gasteiger partial charge in [0.15, 0.2) is 5.92 Å². The number of benzene rings is 1. The number of hydrogen-bond acceptors (Lipinski definition) is 6. The molecule has 1 aromatic carbocycles. The van der Waals surface area contributed by atoms with E-state index in [2.05, 4.69) is 24.2 Å². The van der Waals surface area contributed by atoms with Gasteiger partial charge in [0.05, 0.1) is 32.6 Å². The van der Waals surface area contributed by atoms with E-state index in [1.165, 1.54) is 23.4 Å². The molecule has 2 aliphatic rings. The van der Waals surface area contributed by atoms with Crippen molar-refractivity contribution < 1.29 is 23.7 Å². The average molecular weight is 444 g/mol. The number of urea groups is 1. The zero-order chi connectivity index (χ0) is 22.7. The Morgan fingerprint density at radius 3 is 2.71 bits per heavy atom. The molecule has 0 saturated carbocycles. The van der Waals surface area contributed by atoms with Crippen molar-refractivity contribution in [3.05, 3.63) is 34.7 Å². The number of carbonyl (C=O) groups is 3. The zero-order valence-electron chi connectivity index (χ0n) is 18.3. The Bertz CT molecular complexity index is 1010. The molecule has 4 amide bonds. The molecule has 1 aromatic rings. The molecule has 9 heteroatoms. The fourth-order valence-electron chi connectivity index (χ4n) is 3.55. The van der Waals surface area contributed by atoms with E-state index in [1.807, 2.05) is 12.1 Å². The summed E-state index contributed by atoms with van der Waals surface area (Å²) in [5.74, 6) is 0.201. The molecule has 0 spiro atoms. The number of amidine groups is 1. The number of nitrogens with one attached hydrogen (secondary N) is 1. The number of anilines is 1. The van der Waals surface area contributed by atoms with Crippen molar-refractivity contribution in [2.24, 2.45) is 16.8 Å². The Morgan fingerprint density at radius 1 is 1.32 bits per heavy atom. The molecule has 164 valence electrons. The van der Waals surface area contributed by atoms with Crippen LogP contribution in [0.3, 0.4) is 0 Å². The third-order valence-electron chi connectivity index (χ3n) is 5.05. The third-order valence-corrected chi connectivity index (χ3v) is 6.27. The molecule has 1 N–H and O–H groups in total. The minimum Gasteiger partial charge on any atom is -0.495 e. The van der Waals surface area contributed by atoms with Crippen molar-refractivity contribution in [3.8, 4) is 5.75 Å². The molecule has 31 heavy (non-hydrogen) atoms. The minimum atomic E-state index is -0.685. The van der Waals surface area contributed by atoms with Gasteiger partial charge in [-0.3, -0.25) is 9.59 Å². The summed E-state index contributed by atoms with van der Waals surface area (Å²) in [5.41, 5.74) is 1.51. The summed E-state index contributed by atoms with van der Waals surface area (Å²) in [5, 5.41) is 2.86. The van der Waals surface area contributed by atoms with Gasteiger partial charge in [0.2, 0.25) is 5.91 Å². The van der Waals surface area contributed by atoms with Crippen LogP contribution in [0, 0.1) is 11.8 Å². The lowest BCUT2D eigenvalue weighted by Gasteiger charge is -2.28. The molecule has 2 heterocycles. The number of nitrogens with zero attached hydrogens (tertiary/aromatic N) is 3. The number of aliphatic imine (C=N–C) groups is 1. The number of carbonyl (C=O) groups excluding carboxylic acids is 3. The number of allylic oxidation sites excluding steroid dienone is 1. The van der Waals surface area contributed by atoms with Crippen molar-refractivity contribution in [3.63, 3.8) is 0 Å². The van der Waals surface area contributed by atoms with E-state index in [0.29, 0.717) is 23.2 Å². The van der Waals surface area contributed by atoms with Gasteiger partial charge in [-0.25, -0.2) is 4.79 Å². The maximum absolute atomic E-state index is 13.0. The van der Waals surface area contributed by atoms with Crippen LogP contribution in [0.5, 0.6) is 5.75 Å². The number of imide groups is 1. The molecule has 2 aliphatic heterocycles. The second-order valence-electron chi connectivity index (χ2n) is 7.81. The highest BCUT2D eigenvalue weighted by Crippen LogP contribution is 2.36. The van der Waals surface area contributed by atoms with E-state index in [0.717, 1.165) is 21.8 Å². The largest absolute Gasteiger partial charge is 0.495 e. The van der Waals surface area contributed by atoms with Gasteiger partial charge in [-0.1, -0.05) is 26.0 Å². The second-order valence-corrected chi connectivity index (χ2v) is 8.83. The molecule has 0 aromatic heterocycles. The molecule has 1 unspecified atom stereocenters. The van der Waals surface area contributed by atoms with Crippen LogP contribution in [-0.2, 0) is 9.59 Å². The van der Waals surface area contributed by atoms with E-state index in [4.69, 9.17) is 4.74 Å². The Labute approximate surface area is 186 Å². The standard InChI is InChI=1S/C22H26N4O4S/c1-13(2)10-14-11-23-20-18(21(28)26(4)22(29)25(20)3)19(14)31-12-17(27)24-15-8-6-7-9-16(15)30-5/h6-9,11,13,18H,10,12H2,1-5H3/p+1. The summed E-state index contributed by atoms with van der Waals surface area (Å²) >= 11 is 1.31. The van der Waals surface area contributed by atoms with E-state index in [-0.39, 0.29) is 17.6 Å². The Hall–Kier alpha value is -2.94. The molecule has 1 atom stereocenters. The molecule has 0 bridgehead atoms. The summed E-state index contributed by atoms with van der Waals surface area (Å²) in [6.07, 6.45) is 2.44. The fraction of sp³-hybridized carbons (Fsp3) is 0.409. The van der Waals surface area contributed by atoms with Crippen molar-refractivity contribution in [2.45, 2.75) is 20.3 Å². The number of para-hydroxylation sites is 2. The highest BCUT2D eigenvalue weighted by molar-refractivity contribution is 8.03. The van der Waals surface area contributed by atoms with E-state index in [9.17, 15) is 14.4 Å². The average Bonchev–Trinajstić information content (AvgIpc) is 2.75. The first kappa shape index (κ1) is 22.7. The minimum absolute atomic E-state index is 0.112. The number of dihydropyridines is 1. The van der Waals surface area contributed by atoms with Crippen molar-refractivity contribution in [2.75, 3.05) is 32.3 Å². The van der Waals surface area contributed by atoms with Crippen molar-refractivity contribution >= 4 is 47.3 Å². The van der Waals surface area contributed by atoms with Crippen LogP contribution in [-0.4, -0.2) is 66.3 Å². The van der Waals surface area contributed by atoms with Gasteiger partial charge in [-0.15, -0.1) is 16.8 Å². The topological polar surface area (TPSA) is 91.1 Å². The summed E-state index contributed by atoms with van der Waals surface area (Å²) in [4.78, 5) is 44.3. The third kappa shape index (κ3) is 4.71. The van der Waals surface area contributed by atoms with Crippen LogP contribution >= 0.6 is 11.8 Å². The SMILES string of the molecule is COc1ccccc1NC(=O)CSC1=C(CC(C)C)C=NC2=[N+](C)C(=O)N(C)C(=O)C12. The Kier molecular flexibility index (Phi) is 6.94. The Morgan fingerprint density at radius 2 is 2.03 bits per heavy atom. The highest BCUT2D eigenvalue weighted by Gasteiger charge is 2.48. The van der Waals surface area contributed by atoms with Crippen molar-refractivity contribution in [1.29, 1.82) is 0 Å². The zero-order valence-corrected chi connectivity index (χ0v) is 19.2. The molecule has 8 nitrogen and oxygen atoms in total. The van der Waals surface area contributed by atoms with Crippen LogP contribution in [0.1, 0.15) is 20.3 Å². The smallest absolute Gasteiger partial charge is 0.445 e. The van der Waals surface area contributed by atoms with Crippen LogP contribution in [0.4, 0.5) is 10.5 Å². The lowest BCUT2D eigenvalue weighted by molar-refractivity contribution is -0.407. The van der Waals surface area contributed by atoms with Crippen LogP contribution in [0.25, 0.3) is 0 Å². The summed E-state index contributed by atoms with van der Waals surface area (Å²) in [6.45, 7) is 4.17. The molecule has 0 fully saturated rings. The number of amides is 4. The lowest BCUT2D eigenvalue weighted by atomic mass is 9.94. The summed E-state index contributed by atoms with van der Waals surface area (Å²) < 4.78 is 6.67. The number of rotatable bonds is 7. The van der Waals surface area contributed by atoms with Crippen molar-refractivity contribution in [1.82, 2.24) is 4.90 Å². The summed E-state index contributed by atoms with van der Waals surface area (Å²) in [6, 6.07) is 6.77. The van der Waals surface area contributed by atoms with Crippen LogP contribution in [0.15, 0.2) is 39.7 Å². The maximum Gasteiger partial charge on any atom is 0.445 e. The first-order chi connectivity index (χ1) is 14.7. The van der Waals surface area contributed by atoms with Gasteiger partial charge in [0, 0.05) is 4.91 Å². The van der Waals surface area contributed by atoms with E-state index in [1.54, 1.807) is 32.5 Å². The van der Waals surface area contributed by atoms with Gasteiger partial charge in [0.1, 0.15) is 12.0 Å². The monoisotopic (exact) mass is 443 g/mol. The first-order valence-corrected chi connectivity index (χ1v) is 11.0. The predicted octanol–water partition coefficient (Wildman–Crippen LogP) is 3.00. The first-order valence-electron chi connectivity index (χ1n) is 9.99. The van der Waals surface area contributed by atoms with Gasteiger partial charge in [0.25, 0.3) is 5.84 Å². The number of ether oxygens (including phenoxy) is 1. The second kappa shape index (κ2) is 9.47. The fourth-order valence-corrected chi connectivity index (χ4v) is 4.60. The predicted molar refractivity (Wildman–Crippen MR) is 122 cm³/mol. The van der Waals surface area contributed by atoms with E-state index < -0.39 is 11.9 Å². The molecule has 3 rings (SSSR count). The highest BCUT2D eigenvalue weighted by atomic mass is 32.2. The maximum atomic E-state index is 13.0. The number of fused-ring (bicyclic) bond motifs is 1. The normalized spacial score (nSPS) is 18.6.